The fraction of sp³-hybridized carbons (Fsp3) is 0.417. The molecule has 0 aromatic heterocycles. The molecule has 0 bridgehead atoms. The van der Waals surface area contributed by atoms with E-state index >= 15 is 0 Å². The molecule has 1 aliphatic rings. The van der Waals surface area contributed by atoms with Gasteiger partial charge in [-0.15, -0.1) is 0 Å². The van der Waals surface area contributed by atoms with Gasteiger partial charge in [0.2, 0.25) is 5.91 Å². The van der Waals surface area contributed by atoms with Crippen LogP contribution in [0.25, 0.3) is 0 Å². The second-order valence-corrected chi connectivity index (χ2v) is 4.26. The lowest BCUT2D eigenvalue weighted by Gasteiger charge is -2.09. The third-order valence-corrected chi connectivity index (χ3v) is 2.78. The molecule has 1 heterocycles. The highest BCUT2D eigenvalue weighted by molar-refractivity contribution is 5.99. The first-order valence-corrected chi connectivity index (χ1v) is 5.30. The van der Waals surface area contributed by atoms with Crippen LogP contribution in [0, 0.1) is 5.92 Å². The van der Waals surface area contributed by atoms with Crippen LogP contribution in [0.2, 0.25) is 0 Å². The summed E-state index contributed by atoms with van der Waals surface area (Å²) in [6.07, 6.45) is 1.50. The smallest absolute Gasteiger partial charge is 0.228 e. The number of nitrogens with two attached hydrogens (primary N) is 1. The summed E-state index contributed by atoms with van der Waals surface area (Å²) in [5, 5.41) is 2.83. The van der Waals surface area contributed by atoms with Crippen molar-refractivity contribution in [3.8, 4) is 0 Å². The molecule has 3 N–H and O–H groups in total. The average Bonchev–Trinajstić information content (AvgIpc) is 2.57. The van der Waals surface area contributed by atoms with E-state index in [1.165, 1.54) is 5.56 Å². The van der Waals surface area contributed by atoms with Crippen molar-refractivity contribution in [2.75, 3.05) is 11.9 Å². The van der Waals surface area contributed by atoms with Crippen molar-refractivity contribution in [2.24, 2.45) is 11.7 Å². The summed E-state index contributed by atoms with van der Waals surface area (Å²) in [7, 11) is 0. The number of nitrogens with one attached hydrogen (secondary N) is 1. The van der Waals surface area contributed by atoms with E-state index in [1.807, 2.05) is 6.07 Å². The molecule has 3 heteroatoms. The Kier molecular flexibility index (Phi) is 2.73. The lowest BCUT2D eigenvalue weighted by Crippen LogP contribution is -2.13. The standard InChI is InChI=1S/C12H16N2O/c1-8(7-13)4-9-2-3-11-10(5-9)6-12(15)14-11/h2-3,5,8H,4,6-7,13H2,1H3,(H,14,15). The third kappa shape index (κ3) is 2.18. The highest BCUT2D eigenvalue weighted by Gasteiger charge is 2.17. The molecule has 0 spiro atoms. The topological polar surface area (TPSA) is 55.1 Å². The Balaban J connectivity index is 2.16. The van der Waals surface area contributed by atoms with Crippen LogP contribution in [0.3, 0.4) is 0 Å². The van der Waals surface area contributed by atoms with Crippen molar-refractivity contribution >= 4 is 11.6 Å². The largest absolute Gasteiger partial charge is 0.330 e. The third-order valence-electron chi connectivity index (χ3n) is 2.78. The summed E-state index contributed by atoms with van der Waals surface area (Å²) in [6, 6.07) is 6.16. The predicted molar refractivity (Wildman–Crippen MR) is 60.7 cm³/mol. The number of amides is 1. The summed E-state index contributed by atoms with van der Waals surface area (Å²) in [5.41, 5.74) is 8.93. The van der Waals surface area contributed by atoms with Crippen molar-refractivity contribution in [3.63, 3.8) is 0 Å². The van der Waals surface area contributed by atoms with Crippen LogP contribution in [0.4, 0.5) is 5.69 Å². The lowest BCUT2D eigenvalue weighted by molar-refractivity contribution is -0.115. The van der Waals surface area contributed by atoms with Crippen LogP contribution in [0.1, 0.15) is 18.1 Å². The fourth-order valence-electron chi connectivity index (χ4n) is 1.90. The van der Waals surface area contributed by atoms with Gasteiger partial charge in [0.1, 0.15) is 0 Å². The molecule has 1 atom stereocenters. The summed E-state index contributed by atoms with van der Waals surface area (Å²) in [6.45, 7) is 2.84. The number of fused-ring (bicyclic) bond motifs is 1. The zero-order valence-electron chi connectivity index (χ0n) is 8.92. The van der Waals surface area contributed by atoms with Crippen LogP contribution < -0.4 is 11.1 Å². The Morgan fingerprint density at radius 3 is 3.07 bits per heavy atom. The molecular formula is C12H16N2O. The Bertz CT molecular complexity index is 387. The van der Waals surface area contributed by atoms with Gasteiger partial charge in [0.15, 0.2) is 0 Å². The first-order valence-electron chi connectivity index (χ1n) is 5.30. The summed E-state index contributed by atoms with van der Waals surface area (Å²) >= 11 is 0. The molecule has 15 heavy (non-hydrogen) atoms. The molecular weight excluding hydrogens is 188 g/mol. The predicted octanol–water partition coefficient (Wildman–Crippen LogP) is 1.32. The van der Waals surface area contributed by atoms with E-state index in [0.29, 0.717) is 18.9 Å². The molecule has 0 saturated heterocycles. The number of carbonyl (C=O) groups excluding carboxylic acids is 1. The summed E-state index contributed by atoms with van der Waals surface area (Å²) < 4.78 is 0. The molecule has 1 aromatic rings. The normalized spacial score (nSPS) is 16.0. The van der Waals surface area contributed by atoms with Crippen LogP contribution in [0.5, 0.6) is 0 Å². The molecule has 1 unspecified atom stereocenters. The Morgan fingerprint density at radius 2 is 2.33 bits per heavy atom. The average molecular weight is 204 g/mol. The molecule has 0 radical (unpaired) electrons. The van der Waals surface area contributed by atoms with E-state index in [2.05, 4.69) is 24.4 Å². The molecule has 2 rings (SSSR count). The maximum Gasteiger partial charge on any atom is 0.228 e. The first-order chi connectivity index (χ1) is 7.19. The Hall–Kier alpha value is -1.35. The summed E-state index contributed by atoms with van der Waals surface area (Å²) in [5.74, 6) is 0.585. The number of rotatable bonds is 3. The second-order valence-electron chi connectivity index (χ2n) is 4.26. The SMILES string of the molecule is CC(CN)Cc1ccc2c(c1)CC(=O)N2. The first kappa shape index (κ1) is 10.2. The zero-order chi connectivity index (χ0) is 10.8. The zero-order valence-corrected chi connectivity index (χ0v) is 8.92. The maximum atomic E-state index is 11.2. The highest BCUT2D eigenvalue weighted by Crippen LogP contribution is 2.24. The lowest BCUT2D eigenvalue weighted by atomic mass is 9.99. The van der Waals surface area contributed by atoms with Gasteiger partial charge in [0, 0.05) is 5.69 Å². The molecule has 1 aromatic carbocycles. The van der Waals surface area contributed by atoms with Crippen molar-refractivity contribution in [2.45, 2.75) is 19.8 Å². The molecule has 80 valence electrons. The molecule has 1 amide bonds. The minimum atomic E-state index is 0.0917. The van der Waals surface area contributed by atoms with Crippen molar-refractivity contribution < 1.29 is 4.79 Å². The quantitative estimate of drug-likeness (QED) is 0.780. The van der Waals surface area contributed by atoms with Gasteiger partial charge in [-0.05, 0) is 36.1 Å². The maximum absolute atomic E-state index is 11.2. The van der Waals surface area contributed by atoms with E-state index in [1.54, 1.807) is 0 Å². The number of hydrogen-bond donors (Lipinski definition) is 2. The minimum absolute atomic E-state index is 0.0917. The van der Waals surface area contributed by atoms with Gasteiger partial charge in [0.25, 0.3) is 0 Å². The van der Waals surface area contributed by atoms with Gasteiger partial charge in [-0.2, -0.15) is 0 Å². The fourth-order valence-corrected chi connectivity index (χ4v) is 1.90. The van der Waals surface area contributed by atoms with Gasteiger partial charge < -0.3 is 11.1 Å². The molecule has 0 aliphatic carbocycles. The number of hydrogen-bond acceptors (Lipinski definition) is 2. The van der Waals surface area contributed by atoms with E-state index in [4.69, 9.17) is 5.73 Å². The second kappa shape index (κ2) is 4.03. The highest BCUT2D eigenvalue weighted by atomic mass is 16.1. The molecule has 0 saturated carbocycles. The van der Waals surface area contributed by atoms with Crippen LogP contribution in [0.15, 0.2) is 18.2 Å². The van der Waals surface area contributed by atoms with Gasteiger partial charge in [0.05, 0.1) is 6.42 Å². The molecule has 1 aliphatic heterocycles. The van der Waals surface area contributed by atoms with E-state index < -0.39 is 0 Å². The van der Waals surface area contributed by atoms with E-state index in [9.17, 15) is 4.79 Å². The van der Waals surface area contributed by atoms with E-state index in [0.717, 1.165) is 17.7 Å². The van der Waals surface area contributed by atoms with E-state index in [-0.39, 0.29) is 5.91 Å². The minimum Gasteiger partial charge on any atom is -0.330 e. The van der Waals surface area contributed by atoms with Gasteiger partial charge >= 0.3 is 0 Å². The molecule has 3 nitrogen and oxygen atoms in total. The Morgan fingerprint density at radius 1 is 1.53 bits per heavy atom. The van der Waals surface area contributed by atoms with Gasteiger partial charge in [-0.3, -0.25) is 4.79 Å². The van der Waals surface area contributed by atoms with Crippen LogP contribution >= 0.6 is 0 Å². The monoisotopic (exact) mass is 204 g/mol. The summed E-state index contributed by atoms with van der Waals surface area (Å²) in [4.78, 5) is 11.2. The van der Waals surface area contributed by atoms with Gasteiger partial charge in [-0.25, -0.2) is 0 Å². The molecule has 0 fully saturated rings. The van der Waals surface area contributed by atoms with Gasteiger partial charge in [-0.1, -0.05) is 19.1 Å². The Labute approximate surface area is 89.7 Å². The number of benzene rings is 1. The van der Waals surface area contributed by atoms with Crippen LogP contribution in [-0.4, -0.2) is 12.5 Å². The number of anilines is 1. The van der Waals surface area contributed by atoms with Crippen molar-refractivity contribution in [1.82, 2.24) is 0 Å². The number of carbonyl (C=O) groups is 1. The van der Waals surface area contributed by atoms with Crippen LogP contribution in [-0.2, 0) is 17.6 Å². The van der Waals surface area contributed by atoms with Crippen molar-refractivity contribution in [1.29, 1.82) is 0 Å². The van der Waals surface area contributed by atoms with Crippen molar-refractivity contribution in [3.05, 3.63) is 29.3 Å².